The molecule has 428 valence electrons. The van der Waals surface area contributed by atoms with Gasteiger partial charge in [-0.2, -0.15) is 4.73 Å². The lowest BCUT2D eigenvalue weighted by Gasteiger charge is -2.34. The van der Waals surface area contributed by atoms with Crippen LogP contribution in [-0.4, -0.2) is 140 Å². The van der Waals surface area contributed by atoms with Crippen molar-refractivity contribution >= 4 is 58.9 Å². The normalized spacial score (nSPS) is 29.9. The van der Waals surface area contributed by atoms with Crippen LogP contribution in [0.3, 0.4) is 0 Å². The molecule has 7 amide bonds. The number of allylic oxidation sites excluding steroid dienone is 1. The van der Waals surface area contributed by atoms with Crippen molar-refractivity contribution in [3.8, 4) is 0 Å². The molecule has 0 bridgehead atoms. The summed E-state index contributed by atoms with van der Waals surface area (Å²) in [6.07, 6.45) is 2.07. The first-order valence-corrected chi connectivity index (χ1v) is 27.1. The number of ether oxygens (including phenoxy) is 1. The van der Waals surface area contributed by atoms with Crippen LogP contribution in [0.25, 0.3) is 0 Å². The molecular formula is C54H71ClN10O14. The molecule has 2 saturated heterocycles. The van der Waals surface area contributed by atoms with E-state index in [9.17, 15) is 54.8 Å². The van der Waals surface area contributed by atoms with Crippen molar-refractivity contribution in [1.29, 1.82) is 0 Å². The van der Waals surface area contributed by atoms with Gasteiger partial charge in [0.2, 0.25) is 35.4 Å². The number of carbonyl (C=O) groups is 8. The highest BCUT2D eigenvalue weighted by molar-refractivity contribution is 6.30. The van der Waals surface area contributed by atoms with Crippen LogP contribution in [0.2, 0.25) is 5.15 Å². The molecule has 3 aromatic rings. The second-order valence-corrected chi connectivity index (χ2v) is 21.6. The Morgan fingerprint density at radius 3 is 2.03 bits per heavy atom. The number of esters is 1. The summed E-state index contributed by atoms with van der Waals surface area (Å²) in [5.41, 5.74) is 0.774. The highest BCUT2D eigenvalue weighted by atomic mass is 35.5. The van der Waals surface area contributed by atoms with Gasteiger partial charge in [0.25, 0.3) is 5.91 Å². The van der Waals surface area contributed by atoms with Crippen molar-refractivity contribution in [2.24, 2.45) is 23.7 Å². The highest BCUT2D eigenvalue weighted by Gasteiger charge is 2.50. The Balaban J connectivity index is 1.31. The number of carbonyl (C=O) groups excluding carboxylic acids is 8. The fourth-order valence-corrected chi connectivity index (χ4v) is 10.7. The predicted octanol–water partition coefficient (Wildman–Crippen LogP) is -0.167. The van der Waals surface area contributed by atoms with Gasteiger partial charge in [0.15, 0.2) is 0 Å². The maximum Gasteiger partial charge on any atom is 0.329 e. The molecule has 2 aromatic carbocycles. The summed E-state index contributed by atoms with van der Waals surface area (Å²) in [6.45, 7) is 8.35. The van der Waals surface area contributed by atoms with E-state index in [-0.39, 0.29) is 61.8 Å². The minimum atomic E-state index is -1.89. The molecule has 11 N–H and O–H groups in total. The smallest absolute Gasteiger partial charge is 0.329 e. The van der Waals surface area contributed by atoms with Gasteiger partial charge in [-0.25, -0.2) is 25.7 Å². The summed E-state index contributed by atoms with van der Waals surface area (Å²) in [5, 5.41) is 67.9. The lowest BCUT2D eigenvalue weighted by Crippen LogP contribution is -3.06. The molecule has 17 unspecified atom stereocenters. The molecule has 17 atom stereocenters. The van der Waals surface area contributed by atoms with E-state index in [1.807, 2.05) is 13.0 Å². The van der Waals surface area contributed by atoms with Crippen molar-refractivity contribution in [2.75, 3.05) is 6.54 Å². The van der Waals surface area contributed by atoms with Crippen LogP contribution >= 0.6 is 11.6 Å². The van der Waals surface area contributed by atoms with Crippen molar-refractivity contribution in [3.05, 3.63) is 117 Å². The van der Waals surface area contributed by atoms with Crippen LogP contribution in [-0.2, 0) is 44.7 Å². The maximum atomic E-state index is 15.1. The fourth-order valence-electron chi connectivity index (χ4n) is 10.5. The lowest BCUT2D eigenvalue weighted by molar-refractivity contribution is -1.06. The van der Waals surface area contributed by atoms with E-state index in [2.05, 4.69) is 31.9 Å². The Kier molecular flexibility index (Phi) is 19.9. The molecule has 3 heterocycles. The van der Waals surface area contributed by atoms with Gasteiger partial charge in [0.05, 0.1) is 0 Å². The van der Waals surface area contributed by atoms with Crippen LogP contribution in [0.5, 0.6) is 0 Å². The van der Waals surface area contributed by atoms with E-state index in [1.165, 1.54) is 24.0 Å². The van der Waals surface area contributed by atoms with Gasteiger partial charge in [0.1, 0.15) is 71.3 Å². The van der Waals surface area contributed by atoms with E-state index >= 15 is 9.59 Å². The number of nitrogens with one attached hydrogen (secondary N) is 8. The Hall–Kier alpha value is -6.93. The molecule has 79 heavy (non-hydrogen) atoms. The Morgan fingerprint density at radius 1 is 0.823 bits per heavy atom. The van der Waals surface area contributed by atoms with E-state index in [0.717, 1.165) is 0 Å². The standard InChI is InChI=1S/C54H71ClN10O14/c1-6-14-32-22-42-54(73)79-30(5)46(61-49(68)38(24-35-26-41(35)65(77)78)57-50(69)39-19-20-43(55)63(39)74)52(71)58-36(21-31-15-10-8-11-16-31)47(66)56-37(23-34-25-40(34)64(75)76)48(67)60-45(29(4)33-17-12-9-13-18-33)51(70)59-44(28(3)7-2)53(72)62(42)27-32/h6,8-20,28-30,32,34-38,40-42,44-46,64-65,74-75,77H,7,21-27H2,1-5H3,(H,56,66)(H,57,69)(H,58,71)(H,59,70)(H,60,67)(H,61,68). The number of aromatic nitrogens is 1. The second kappa shape index (κ2) is 26.4. The number of hydrogen-bond donors (Lipinski definition) is 11. The second-order valence-electron chi connectivity index (χ2n) is 21.3. The minimum Gasteiger partial charge on any atom is -0.600 e. The van der Waals surface area contributed by atoms with Crippen LogP contribution in [0, 0.1) is 34.1 Å². The number of fused-ring (bicyclic) bond motifs is 1. The van der Waals surface area contributed by atoms with Gasteiger partial charge in [-0.3, -0.25) is 33.6 Å². The van der Waals surface area contributed by atoms with E-state index in [4.69, 9.17) is 16.3 Å². The van der Waals surface area contributed by atoms with Gasteiger partial charge >= 0.3 is 5.97 Å². The maximum absolute atomic E-state index is 15.1. The highest BCUT2D eigenvalue weighted by Crippen LogP contribution is 2.34. The minimum absolute atomic E-state index is 0.0127. The third kappa shape index (κ3) is 14.9. The zero-order valence-electron chi connectivity index (χ0n) is 44.5. The zero-order valence-corrected chi connectivity index (χ0v) is 45.3. The van der Waals surface area contributed by atoms with E-state index < -0.39 is 142 Å². The third-order valence-electron chi connectivity index (χ3n) is 15.7. The van der Waals surface area contributed by atoms with E-state index in [0.29, 0.717) is 22.3 Å². The molecular weight excluding hydrogens is 1050 g/mol. The van der Waals surface area contributed by atoms with Crippen molar-refractivity contribution in [1.82, 2.24) is 41.5 Å². The van der Waals surface area contributed by atoms with Crippen LogP contribution < -0.4 is 42.4 Å². The first-order chi connectivity index (χ1) is 37.6. The third-order valence-corrected chi connectivity index (χ3v) is 15.9. The summed E-state index contributed by atoms with van der Waals surface area (Å²) in [4.78, 5) is 119. The number of benzene rings is 2. The quantitative estimate of drug-likeness (QED) is 0.0362. The van der Waals surface area contributed by atoms with Crippen LogP contribution in [0.1, 0.15) is 101 Å². The first-order valence-electron chi connectivity index (χ1n) is 26.7. The monoisotopic (exact) mass is 1120 g/mol. The number of hydrogen-bond acceptors (Lipinski definition) is 14. The van der Waals surface area contributed by atoms with Gasteiger partial charge in [0, 0.05) is 43.6 Å². The van der Waals surface area contributed by atoms with Crippen molar-refractivity contribution < 1.29 is 69.2 Å². The zero-order chi connectivity index (χ0) is 57.4. The number of hydroxylamine groups is 4. The average molecular weight is 1120 g/mol. The average Bonchev–Trinajstić information content (AvgIpc) is 4.39. The number of halogens is 1. The van der Waals surface area contributed by atoms with Gasteiger partial charge in [-0.1, -0.05) is 112 Å². The molecule has 0 spiro atoms. The number of quaternary nitrogens is 2. The topological polar surface area (TPSA) is 342 Å². The summed E-state index contributed by atoms with van der Waals surface area (Å²) in [6, 6.07) is 7.46. The van der Waals surface area contributed by atoms with Crippen LogP contribution in [0.4, 0.5) is 0 Å². The van der Waals surface area contributed by atoms with Crippen molar-refractivity contribution in [3.63, 3.8) is 0 Å². The molecule has 4 fully saturated rings. The van der Waals surface area contributed by atoms with Crippen molar-refractivity contribution in [2.45, 2.75) is 146 Å². The molecule has 7 rings (SSSR count). The summed E-state index contributed by atoms with van der Waals surface area (Å²) in [7, 11) is 0. The van der Waals surface area contributed by atoms with Gasteiger partial charge in [-0.15, -0.1) is 0 Å². The molecule has 0 radical (unpaired) electrons. The van der Waals surface area contributed by atoms with E-state index in [1.54, 1.807) is 87.5 Å². The van der Waals surface area contributed by atoms with Crippen LogP contribution in [0.15, 0.2) is 84.9 Å². The molecule has 2 aliphatic heterocycles. The Bertz CT molecular complexity index is 2710. The fraction of sp³-hybridized carbons (Fsp3) is 0.519. The SMILES string of the molecule is CC=CC1CC2C(=O)OC(C)C(NC(=O)C(CC3CC3[NH+]([O-])O)NC(=O)c3ccc(Cl)n3O)C(=O)NC(Cc3ccccc3)C(=O)NC(CC3CC3[NH+]([O-])O)C(=O)NC(C(C)c3ccccc3)C(=O)NC(C(C)CC)C(=O)N2C1. The molecule has 4 aliphatic rings. The Labute approximate surface area is 461 Å². The number of amides is 7. The first kappa shape index (κ1) is 59.7. The van der Waals surface area contributed by atoms with Gasteiger partial charge < -0.3 is 57.2 Å². The number of nitrogens with zero attached hydrogens (tertiary/aromatic N) is 2. The molecule has 1 aromatic heterocycles. The molecule has 2 aliphatic carbocycles. The lowest BCUT2D eigenvalue weighted by atomic mass is 9.91. The predicted molar refractivity (Wildman–Crippen MR) is 281 cm³/mol. The largest absolute Gasteiger partial charge is 0.600 e. The number of cyclic esters (lactones) is 1. The summed E-state index contributed by atoms with van der Waals surface area (Å²) < 4.78 is 6.44. The van der Waals surface area contributed by atoms with Gasteiger partial charge in [-0.05, 0) is 68.2 Å². The Morgan fingerprint density at radius 2 is 1.43 bits per heavy atom. The molecule has 2 saturated carbocycles. The summed E-state index contributed by atoms with van der Waals surface area (Å²) in [5.74, 6) is -10.2. The summed E-state index contributed by atoms with van der Waals surface area (Å²) >= 11 is 5.99. The number of rotatable bonds is 17. The molecule has 24 nitrogen and oxygen atoms in total. The molecule has 25 heteroatoms.